The van der Waals surface area contributed by atoms with Gasteiger partial charge >= 0.3 is 0 Å². The van der Waals surface area contributed by atoms with Crippen LogP contribution in [0.15, 0.2) is 84.0 Å². The molecule has 0 radical (unpaired) electrons. The third-order valence-corrected chi connectivity index (χ3v) is 7.48. The molecule has 1 amide bonds. The Morgan fingerprint density at radius 1 is 1.08 bits per heavy atom. The standard InChI is InChI=1S/C26H28N4O5S/c31-16-15-29(13-12-23-17-22-3-1-2-4-25(22)27-23)18-20-5-8-24(9-6-20)36(34,35)30-14-11-21(19-30)7-10-26(32)28-33/h1-11,14,17,19,27,31,33H,12-13,15-16,18H2,(H,28,32)/b10-7+. The van der Waals surface area contributed by atoms with E-state index >= 15 is 0 Å². The van der Waals surface area contributed by atoms with Crippen molar-refractivity contribution in [1.29, 1.82) is 0 Å². The van der Waals surface area contributed by atoms with E-state index in [4.69, 9.17) is 5.21 Å². The highest BCUT2D eigenvalue weighted by molar-refractivity contribution is 7.90. The summed E-state index contributed by atoms with van der Waals surface area (Å²) >= 11 is 0. The molecule has 4 rings (SSSR count). The summed E-state index contributed by atoms with van der Waals surface area (Å²) in [5.74, 6) is -0.710. The van der Waals surface area contributed by atoms with Crippen molar-refractivity contribution in [3.05, 3.63) is 96.0 Å². The van der Waals surface area contributed by atoms with Crippen LogP contribution in [-0.4, -0.2) is 58.2 Å². The van der Waals surface area contributed by atoms with Gasteiger partial charge in [0.25, 0.3) is 15.9 Å². The Kier molecular flexibility index (Phi) is 8.01. The third kappa shape index (κ3) is 6.10. The molecule has 4 aromatic rings. The van der Waals surface area contributed by atoms with E-state index in [9.17, 15) is 18.3 Å². The highest BCUT2D eigenvalue weighted by Crippen LogP contribution is 2.19. The number of nitrogens with one attached hydrogen (secondary N) is 2. The fourth-order valence-corrected chi connectivity index (χ4v) is 5.16. The maximum Gasteiger partial charge on any atom is 0.267 e. The number of hydrogen-bond donors (Lipinski definition) is 4. The van der Waals surface area contributed by atoms with E-state index in [0.717, 1.165) is 39.8 Å². The molecule has 0 aliphatic heterocycles. The lowest BCUT2D eigenvalue weighted by atomic mass is 10.2. The molecule has 0 aliphatic rings. The predicted molar refractivity (Wildman–Crippen MR) is 137 cm³/mol. The molecule has 0 spiro atoms. The van der Waals surface area contributed by atoms with Crippen molar-refractivity contribution >= 4 is 32.9 Å². The van der Waals surface area contributed by atoms with Gasteiger partial charge in [-0.05, 0) is 52.9 Å². The first kappa shape index (κ1) is 25.4. The first-order valence-electron chi connectivity index (χ1n) is 11.4. The van der Waals surface area contributed by atoms with Crippen LogP contribution >= 0.6 is 0 Å². The van der Waals surface area contributed by atoms with Crippen LogP contribution in [0.25, 0.3) is 17.0 Å². The number of para-hydroxylation sites is 1. The molecule has 0 atom stereocenters. The molecule has 0 fully saturated rings. The topological polar surface area (TPSA) is 128 Å². The Bertz CT molecular complexity index is 1420. The SMILES string of the molecule is O=C(/C=C/c1ccn(S(=O)(=O)c2ccc(CN(CCO)CCc3cc4ccccc4[nH]3)cc2)c1)NO. The molecule has 36 heavy (non-hydrogen) atoms. The molecule has 0 saturated heterocycles. The first-order valence-corrected chi connectivity index (χ1v) is 12.9. The molecule has 2 aromatic heterocycles. The highest BCUT2D eigenvalue weighted by atomic mass is 32.2. The molecule has 2 aromatic carbocycles. The molecule has 0 aliphatic carbocycles. The van der Waals surface area contributed by atoms with E-state index in [0.29, 0.717) is 18.7 Å². The summed E-state index contributed by atoms with van der Waals surface area (Å²) in [5.41, 5.74) is 5.13. The number of carbonyl (C=O) groups is 1. The number of aromatic amines is 1. The first-order chi connectivity index (χ1) is 17.4. The van der Waals surface area contributed by atoms with Crippen LogP contribution < -0.4 is 5.48 Å². The van der Waals surface area contributed by atoms with Crippen molar-refractivity contribution < 1.29 is 23.5 Å². The zero-order valence-electron chi connectivity index (χ0n) is 19.5. The monoisotopic (exact) mass is 508 g/mol. The summed E-state index contributed by atoms with van der Waals surface area (Å²) in [5, 5.41) is 19.2. The van der Waals surface area contributed by atoms with Gasteiger partial charge in [-0.25, -0.2) is 17.9 Å². The number of carbonyl (C=O) groups excluding carboxylic acids is 1. The van der Waals surface area contributed by atoms with Crippen molar-refractivity contribution in [3.8, 4) is 0 Å². The average molecular weight is 509 g/mol. The minimum absolute atomic E-state index is 0.0313. The molecular formula is C26H28N4O5S. The molecular weight excluding hydrogens is 480 g/mol. The maximum absolute atomic E-state index is 13.0. The largest absolute Gasteiger partial charge is 0.395 e. The van der Waals surface area contributed by atoms with Crippen molar-refractivity contribution in [3.63, 3.8) is 0 Å². The number of H-pyrrole nitrogens is 1. The second-order valence-electron chi connectivity index (χ2n) is 8.36. The van der Waals surface area contributed by atoms with Gasteiger partial charge in [0, 0.05) is 55.7 Å². The molecule has 0 bridgehead atoms. The number of amides is 1. The molecule has 4 N–H and O–H groups in total. The molecule has 188 valence electrons. The van der Waals surface area contributed by atoms with Crippen molar-refractivity contribution in [2.75, 3.05) is 19.7 Å². The number of aliphatic hydroxyl groups excluding tert-OH is 1. The third-order valence-electron chi connectivity index (χ3n) is 5.83. The fourth-order valence-electron chi connectivity index (χ4n) is 3.95. The summed E-state index contributed by atoms with van der Waals surface area (Å²) in [6, 6.07) is 18.5. The summed E-state index contributed by atoms with van der Waals surface area (Å²) in [6.07, 6.45) is 6.07. The van der Waals surface area contributed by atoms with E-state index in [1.165, 1.54) is 29.3 Å². The minimum atomic E-state index is -3.80. The number of aromatic nitrogens is 2. The minimum Gasteiger partial charge on any atom is -0.395 e. The van der Waals surface area contributed by atoms with Crippen LogP contribution in [0.5, 0.6) is 0 Å². The van der Waals surface area contributed by atoms with Gasteiger partial charge < -0.3 is 10.1 Å². The normalized spacial score (nSPS) is 12.1. The Morgan fingerprint density at radius 3 is 2.58 bits per heavy atom. The van der Waals surface area contributed by atoms with Crippen LogP contribution in [0.4, 0.5) is 0 Å². The van der Waals surface area contributed by atoms with Crippen molar-refractivity contribution in [2.45, 2.75) is 17.9 Å². The van der Waals surface area contributed by atoms with Gasteiger partial charge in [0.2, 0.25) is 0 Å². The predicted octanol–water partition coefficient (Wildman–Crippen LogP) is 2.76. The lowest BCUT2D eigenvalue weighted by Crippen LogP contribution is -2.28. The number of hydroxylamine groups is 1. The van der Waals surface area contributed by atoms with Gasteiger partial charge in [0.15, 0.2) is 0 Å². The van der Waals surface area contributed by atoms with Crippen molar-refractivity contribution in [2.24, 2.45) is 0 Å². The van der Waals surface area contributed by atoms with Crippen LogP contribution in [0.2, 0.25) is 0 Å². The molecule has 0 unspecified atom stereocenters. The maximum atomic E-state index is 13.0. The van der Waals surface area contributed by atoms with Crippen LogP contribution in [-0.2, 0) is 27.8 Å². The van der Waals surface area contributed by atoms with Crippen molar-refractivity contribution in [1.82, 2.24) is 19.3 Å². The Labute approximate surface area is 209 Å². The molecule has 0 saturated carbocycles. The number of aliphatic hydroxyl groups is 1. The number of hydrogen-bond acceptors (Lipinski definition) is 6. The molecule has 2 heterocycles. The molecule has 10 heteroatoms. The summed E-state index contributed by atoms with van der Waals surface area (Å²) in [4.78, 5) is 16.8. The van der Waals surface area contributed by atoms with Gasteiger partial charge in [-0.1, -0.05) is 30.3 Å². The van der Waals surface area contributed by atoms with Gasteiger partial charge in [-0.15, -0.1) is 0 Å². The van der Waals surface area contributed by atoms with E-state index in [1.807, 2.05) is 18.2 Å². The number of rotatable bonds is 11. The average Bonchev–Trinajstić information content (AvgIpc) is 3.53. The summed E-state index contributed by atoms with van der Waals surface area (Å²) < 4.78 is 27.0. The lowest BCUT2D eigenvalue weighted by molar-refractivity contribution is -0.124. The zero-order valence-corrected chi connectivity index (χ0v) is 20.4. The van der Waals surface area contributed by atoms with Crippen LogP contribution in [0.3, 0.4) is 0 Å². The van der Waals surface area contributed by atoms with Gasteiger partial charge in [-0.2, -0.15) is 0 Å². The second kappa shape index (κ2) is 11.4. The van der Waals surface area contributed by atoms with E-state index in [-0.39, 0.29) is 11.5 Å². The Balaban J connectivity index is 1.41. The summed E-state index contributed by atoms with van der Waals surface area (Å²) in [7, 11) is -3.80. The van der Waals surface area contributed by atoms with Crippen LogP contribution in [0, 0.1) is 0 Å². The van der Waals surface area contributed by atoms with E-state index < -0.39 is 15.9 Å². The fraction of sp³-hybridized carbons (Fsp3) is 0.192. The Morgan fingerprint density at radius 2 is 1.86 bits per heavy atom. The molecule has 9 nitrogen and oxygen atoms in total. The second-order valence-corrected chi connectivity index (χ2v) is 10.2. The number of nitrogens with zero attached hydrogens (tertiary/aromatic N) is 2. The number of fused-ring (bicyclic) bond motifs is 1. The highest BCUT2D eigenvalue weighted by Gasteiger charge is 2.17. The van der Waals surface area contributed by atoms with Gasteiger partial charge in [0.05, 0.1) is 11.5 Å². The van der Waals surface area contributed by atoms with E-state index in [1.54, 1.807) is 30.3 Å². The summed E-state index contributed by atoms with van der Waals surface area (Å²) in [6.45, 7) is 1.85. The Hall–Kier alpha value is -3.70. The van der Waals surface area contributed by atoms with Crippen LogP contribution in [0.1, 0.15) is 16.8 Å². The van der Waals surface area contributed by atoms with Gasteiger partial charge in [-0.3, -0.25) is 14.9 Å². The quantitative estimate of drug-likeness (QED) is 0.140. The zero-order chi connectivity index (χ0) is 25.5. The smallest absolute Gasteiger partial charge is 0.267 e. The lowest BCUT2D eigenvalue weighted by Gasteiger charge is -2.21. The number of benzene rings is 2. The van der Waals surface area contributed by atoms with E-state index in [2.05, 4.69) is 22.0 Å². The van der Waals surface area contributed by atoms with Gasteiger partial charge in [0.1, 0.15) is 0 Å².